The first-order valence-electron chi connectivity index (χ1n) is 11.4. The second-order valence-corrected chi connectivity index (χ2v) is 11.0. The van der Waals surface area contributed by atoms with Crippen molar-refractivity contribution in [3.63, 3.8) is 0 Å². The summed E-state index contributed by atoms with van der Waals surface area (Å²) in [4.78, 5) is 29.5. The molecule has 9 heteroatoms. The number of rotatable bonds is 4. The van der Waals surface area contributed by atoms with Gasteiger partial charge >= 0.3 is 12.2 Å². The predicted molar refractivity (Wildman–Crippen MR) is 139 cm³/mol. The van der Waals surface area contributed by atoms with Crippen molar-refractivity contribution in [2.24, 2.45) is 0 Å². The van der Waals surface area contributed by atoms with Gasteiger partial charge in [-0.2, -0.15) is 4.90 Å². The van der Waals surface area contributed by atoms with Crippen LogP contribution in [0.2, 0.25) is 0 Å². The topological polar surface area (TPSA) is 77.5 Å². The van der Waals surface area contributed by atoms with Crippen LogP contribution in [-0.4, -0.2) is 43.7 Å². The molecule has 0 bridgehead atoms. The summed E-state index contributed by atoms with van der Waals surface area (Å²) >= 11 is 3.50. The van der Waals surface area contributed by atoms with Gasteiger partial charge in [0.25, 0.3) is 0 Å². The van der Waals surface area contributed by atoms with E-state index in [1.54, 1.807) is 60.8 Å². The Kier molecular flexibility index (Phi) is 7.89. The third-order valence-electron chi connectivity index (χ3n) is 4.94. The summed E-state index contributed by atoms with van der Waals surface area (Å²) < 4.78 is 23.2. The number of imide groups is 1. The number of methoxy groups -OCH3 is 1. The van der Waals surface area contributed by atoms with E-state index >= 15 is 0 Å². The number of fused-ring (bicyclic) bond motifs is 1. The molecule has 2 aromatic rings. The van der Waals surface area contributed by atoms with E-state index in [4.69, 9.17) is 18.9 Å². The normalized spacial score (nSPS) is 13.4. The van der Waals surface area contributed by atoms with E-state index in [1.165, 1.54) is 0 Å². The molecule has 0 saturated heterocycles. The Hall–Kier alpha value is -2.94. The van der Waals surface area contributed by atoms with E-state index in [-0.39, 0.29) is 0 Å². The third-order valence-corrected chi connectivity index (χ3v) is 5.56. The Morgan fingerprint density at radius 1 is 1.03 bits per heavy atom. The standard InChI is InChI=1S/C26H33BrN2O6/c1-25(2,3)34-23(30)29(24(31)35-26(4,5)6)19-11-9-8-10-17(19)16-28-12-13-33-22-14-18(27)21(32-7)15-20(22)28/h8-11,14-15H,12-13,16H2,1-7H3. The highest BCUT2D eigenvalue weighted by atomic mass is 79.9. The quantitative estimate of drug-likeness (QED) is 0.429. The number of para-hydroxylation sites is 1. The van der Waals surface area contributed by atoms with Crippen LogP contribution in [0.5, 0.6) is 11.5 Å². The van der Waals surface area contributed by atoms with Crippen molar-refractivity contribution in [3.05, 3.63) is 46.4 Å². The monoisotopic (exact) mass is 548 g/mol. The van der Waals surface area contributed by atoms with Crippen molar-refractivity contribution in [1.29, 1.82) is 0 Å². The molecule has 2 aromatic carbocycles. The molecular formula is C26H33BrN2O6. The number of benzene rings is 2. The second-order valence-electron chi connectivity index (χ2n) is 10.1. The van der Waals surface area contributed by atoms with Crippen molar-refractivity contribution < 1.29 is 28.5 Å². The van der Waals surface area contributed by atoms with Gasteiger partial charge < -0.3 is 23.8 Å². The van der Waals surface area contributed by atoms with E-state index in [2.05, 4.69) is 20.8 Å². The number of hydrogen-bond donors (Lipinski definition) is 0. The molecule has 0 aromatic heterocycles. The van der Waals surface area contributed by atoms with Crippen LogP contribution >= 0.6 is 15.9 Å². The first-order valence-corrected chi connectivity index (χ1v) is 12.2. The fourth-order valence-corrected chi connectivity index (χ4v) is 4.03. The molecule has 1 aliphatic rings. The number of carbonyl (C=O) groups is 2. The first-order chi connectivity index (χ1) is 16.3. The smallest absolute Gasteiger partial charge is 0.424 e. The first kappa shape index (κ1) is 26.7. The zero-order valence-corrected chi connectivity index (χ0v) is 22.9. The van der Waals surface area contributed by atoms with Crippen molar-refractivity contribution >= 4 is 39.5 Å². The molecule has 0 atom stereocenters. The number of amides is 2. The lowest BCUT2D eigenvalue weighted by atomic mass is 10.1. The van der Waals surface area contributed by atoms with Gasteiger partial charge in [-0.3, -0.25) is 0 Å². The zero-order valence-electron chi connectivity index (χ0n) is 21.3. The molecule has 0 fully saturated rings. The Labute approximate surface area is 215 Å². The maximum atomic E-state index is 13.2. The Morgan fingerprint density at radius 2 is 1.63 bits per heavy atom. The van der Waals surface area contributed by atoms with Crippen LogP contribution in [0.1, 0.15) is 47.1 Å². The summed E-state index contributed by atoms with van der Waals surface area (Å²) in [5.74, 6) is 1.40. The number of hydrogen-bond acceptors (Lipinski definition) is 7. The maximum Gasteiger partial charge on any atom is 0.424 e. The van der Waals surface area contributed by atoms with Gasteiger partial charge in [0.1, 0.15) is 29.3 Å². The average molecular weight is 549 g/mol. The summed E-state index contributed by atoms with van der Waals surface area (Å²) in [5.41, 5.74) is 0.415. The number of halogens is 1. The molecule has 0 saturated carbocycles. The van der Waals surface area contributed by atoms with Crippen LogP contribution in [0.4, 0.5) is 21.0 Å². The molecule has 2 amide bonds. The van der Waals surface area contributed by atoms with Crippen LogP contribution in [0, 0.1) is 0 Å². The third kappa shape index (κ3) is 6.81. The molecule has 0 unspecified atom stereocenters. The van der Waals surface area contributed by atoms with Crippen molar-refractivity contribution in [2.45, 2.75) is 59.3 Å². The van der Waals surface area contributed by atoms with Gasteiger partial charge in [0, 0.05) is 18.7 Å². The van der Waals surface area contributed by atoms with Crippen LogP contribution in [0.3, 0.4) is 0 Å². The van der Waals surface area contributed by atoms with E-state index in [0.717, 1.165) is 26.4 Å². The minimum atomic E-state index is -0.799. The summed E-state index contributed by atoms with van der Waals surface area (Å²) in [6.45, 7) is 12.0. The molecular weight excluding hydrogens is 516 g/mol. The highest BCUT2D eigenvalue weighted by Gasteiger charge is 2.34. The van der Waals surface area contributed by atoms with Crippen LogP contribution in [0.25, 0.3) is 0 Å². The average Bonchev–Trinajstić information content (AvgIpc) is 2.72. The fraction of sp³-hybridized carbons (Fsp3) is 0.462. The van der Waals surface area contributed by atoms with E-state index < -0.39 is 23.4 Å². The SMILES string of the molecule is COc1cc2c(cc1Br)OCCN2Cc1ccccc1N(C(=O)OC(C)(C)C)C(=O)OC(C)(C)C. The number of carbonyl (C=O) groups excluding carboxylic acids is 2. The zero-order chi connectivity index (χ0) is 26.0. The van der Waals surface area contributed by atoms with Crippen molar-refractivity contribution in [2.75, 3.05) is 30.1 Å². The van der Waals surface area contributed by atoms with E-state index in [0.29, 0.717) is 31.1 Å². The summed E-state index contributed by atoms with van der Waals surface area (Å²) in [6, 6.07) is 11.0. The largest absolute Gasteiger partial charge is 0.495 e. The van der Waals surface area contributed by atoms with Crippen LogP contribution in [0.15, 0.2) is 40.9 Å². The second kappa shape index (κ2) is 10.4. The number of anilines is 2. The van der Waals surface area contributed by atoms with Gasteiger partial charge in [-0.1, -0.05) is 18.2 Å². The Bertz CT molecular complexity index is 1060. The Balaban J connectivity index is 2.01. The van der Waals surface area contributed by atoms with Crippen LogP contribution < -0.4 is 19.3 Å². The predicted octanol–water partition coefficient (Wildman–Crippen LogP) is 6.53. The van der Waals surface area contributed by atoms with Crippen molar-refractivity contribution in [1.82, 2.24) is 0 Å². The highest BCUT2D eigenvalue weighted by Crippen LogP contribution is 2.41. The minimum Gasteiger partial charge on any atom is -0.495 e. The molecule has 0 N–H and O–H groups in total. The molecule has 1 heterocycles. The van der Waals surface area contributed by atoms with Gasteiger partial charge in [0.05, 0.1) is 29.5 Å². The van der Waals surface area contributed by atoms with E-state index in [9.17, 15) is 9.59 Å². The molecule has 3 rings (SSSR count). The molecule has 35 heavy (non-hydrogen) atoms. The molecule has 0 radical (unpaired) electrons. The van der Waals surface area contributed by atoms with Crippen LogP contribution in [-0.2, 0) is 16.0 Å². The highest BCUT2D eigenvalue weighted by molar-refractivity contribution is 9.10. The summed E-state index contributed by atoms with van der Waals surface area (Å²) in [7, 11) is 1.61. The molecule has 0 aliphatic carbocycles. The van der Waals surface area contributed by atoms with Gasteiger partial charge in [-0.05, 0) is 69.1 Å². The minimum absolute atomic E-state index is 0.396. The maximum absolute atomic E-state index is 13.2. The molecule has 8 nitrogen and oxygen atoms in total. The Morgan fingerprint density at radius 3 is 2.20 bits per heavy atom. The van der Waals surface area contributed by atoms with Gasteiger partial charge in [-0.15, -0.1) is 0 Å². The lowest BCUT2D eigenvalue weighted by Gasteiger charge is -2.33. The lowest BCUT2D eigenvalue weighted by molar-refractivity contribution is 0.0430. The van der Waals surface area contributed by atoms with Gasteiger partial charge in [-0.25, -0.2) is 9.59 Å². The molecule has 190 valence electrons. The molecule has 1 aliphatic heterocycles. The van der Waals surface area contributed by atoms with E-state index in [1.807, 2.05) is 24.3 Å². The summed E-state index contributed by atoms with van der Waals surface area (Å²) in [5, 5.41) is 0. The van der Waals surface area contributed by atoms with Crippen molar-refractivity contribution in [3.8, 4) is 11.5 Å². The molecule has 0 spiro atoms. The van der Waals surface area contributed by atoms with Gasteiger partial charge in [0.15, 0.2) is 0 Å². The lowest BCUT2D eigenvalue weighted by Crippen LogP contribution is -2.44. The fourth-order valence-electron chi connectivity index (χ4n) is 3.55. The summed E-state index contributed by atoms with van der Waals surface area (Å²) in [6.07, 6.45) is -1.60. The number of nitrogens with zero attached hydrogens (tertiary/aromatic N) is 2. The number of ether oxygens (including phenoxy) is 4. The van der Waals surface area contributed by atoms with Gasteiger partial charge in [0.2, 0.25) is 0 Å².